The highest BCUT2D eigenvalue weighted by molar-refractivity contribution is 6.64. The molecule has 4 fully saturated rings. The van der Waals surface area contributed by atoms with Crippen LogP contribution in [0.3, 0.4) is 0 Å². The van der Waals surface area contributed by atoms with Crippen molar-refractivity contribution in [3.05, 3.63) is 315 Å². The summed E-state index contributed by atoms with van der Waals surface area (Å²) in [7, 11) is -1.53. The maximum Gasteiger partial charge on any atom is 0.495 e. The summed E-state index contributed by atoms with van der Waals surface area (Å²) in [6.07, 6.45) is 0. The fraction of sp³-hybridized carbons (Fsp3) is 0.214. The maximum absolute atomic E-state index is 6.46. The molecule has 16 aromatic carbocycles. The molecule has 4 aliphatic heterocycles. The van der Waals surface area contributed by atoms with Crippen molar-refractivity contribution in [2.24, 2.45) is 0 Å². The molecule has 4 aromatic heterocycles. The first-order chi connectivity index (χ1) is 61.3. The van der Waals surface area contributed by atoms with Crippen molar-refractivity contribution >= 4 is 181 Å². The molecule has 128 heavy (non-hydrogen) atoms. The van der Waals surface area contributed by atoms with Gasteiger partial charge in [0, 0.05) is 54.2 Å². The Bertz CT molecular complexity index is 7710. The van der Waals surface area contributed by atoms with Crippen molar-refractivity contribution in [3.63, 3.8) is 0 Å². The Balaban J connectivity index is 0.000000104. The zero-order valence-corrected chi connectivity index (χ0v) is 75.2. The molecule has 0 atom stereocenters. The largest absolute Gasteiger partial charge is 0.495 e. The van der Waals surface area contributed by atoms with Crippen molar-refractivity contribution < 1.29 is 54.9 Å². The van der Waals surface area contributed by atoms with Gasteiger partial charge in [0.2, 0.25) is 0 Å². The van der Waals surface area contributed by atoms with Crippen molar-refractivity contribution in [1.82, 2.24) is 0 Å². The maximum atomic E-state index is 6.46. The Morgan fingerprint density at radius 1 is 0.180 bits per heavy atom. The topological polar surface area (TPSA) is 126 Å². The van der Waals surface area contributed by atoms with Crippen LogP contribution in [0.4, 0.5) is 0 Å². The molecule has 20 aromatic rings. The van der Waals surface area contributed by atoms with Gasteiger partial charge in [-0.2, -0.15) is 0 Å². The molecule has 632 valence electrons. The van der Waals surface area contributed by atoms with E-state index in [0.29, 0.717) is 0 Å². The number of hydrogen-bond acceptors (Lipinski definition) is 12. The van der Waals surface area contributed by atoms with Gasteiger partial charge < -0.3 is 54.9 Å². The molecule has 8 heterocycles. The van der Waals surface area contributed by atoms with E-state index in [4.69, 9.17) is 54.9 Å². The number of para-hydroxylation sites is 3. The highest BCUT2D eigenvalue weighted by atomic mass is 16.7. The van der Waals surface area contributed by atoms with Crippen LogP contribution in [0.5, 0.6) is 0 Å². The summed E-state index contributed by atoms with van der Waals surface area (Å²) in [5.41, 5.74) is 17.4. The lowest BCUT2D eigenvalue weighted by Gasteiger charge is -2.32. The van der Waals surface area contributed by atoms with Crippen molar-refractivity contribution in [2.45, 2.75) is 156 Å². The van der Waals surface area contributed by atoms with Gasteiger partial charge in [-0.1, -0.05) is 249 Å². The first kappa shape index (κ1) is 82.7. The number of benzene rings is 16. The minimum absolute atomic E-state index is 0.343. The smallest absolute Gasteiger partial charge is 0.456 e. The van der Waals surface area contributed by atoms with Gasteiger partial charge in [0.05, 0.1) is 44.8 Å². The summed E-state index contributed by atoms with van der Waals surface area (Å²) in [6, 6.07) is 110. The number of hydrogen-bond donors (Lipinski definition) is 0. The molecule has 0 bridgehead atoms. The van der Waals surface area contributed by atoms with Gasteiger partial charge >= 0.3 is 28.5 Å². The third kappa shape index (κ3) is 14.4. The second-order valence-corrected chi connectivity index (χ2v) is 38.7. The van der Waals surface area contributed by atoms with E-state index in [9.17, 15) is 0 Å². The molecule has 4 saturated heterocycles. The van der Waals surface area contributed by atoms with E-state index in [1.54, 1.807) is 0 Å². The molecule has 12 nitrogen and oxygen atoms in total. The fourth-order valence-corrected chi connectivity index (χ4v) is 18.2. The van der Waals surface area contributed by atoms with Gasteiger partial charge in [-0.15, -0.1) is 0 Å². The van der Waals surface area contributed by atoms with E-state index in [0.717, 1.165) is 148 Å². The lowest BCUT2D eigenvalue weighted by molar-refractivity contribution is 0.00578. The molecular formula is C112H100B4O12. The predicted octanol–water partition coefficient (Wildman–Crippen LogP) is 26.8. The van der Waals surface area contributed by atoms with Crippen LogP contribution in [-0.2, 0) is 37.2 Å². The second-order valence-electron chi connectivity index (χ2n) is 38.7. The van der Waals surface area contributed by atoms with E-state index in [2.05, 4.69) is 396 Å². The van der Waals surface area contributed by atoms with E-state index >= 15 is 0 Å². The van der Waals surface area contributed by atoms with Crippen LogP contribution in [0, 0.1) is 0 Å². The second kappa shape index (κ2) is 30.7. The normalized spacial score (nSPS) is 17.6. The molecule has 0 N–H and O–H groups in total. The third-order valence-corrected chi connectivity index (χ3v) is 28.5. The molecule has 0 unspecified atom stereocenters. The monoisotopic (exact) mass is 1680 g/mol. The summed E-state index contributed by atoms with van der Waals surface area (Å²) >= 11 is 0. The number of rotatable bonds is 8. The van der Waals surface area contributed by atoms with Crippen LogP contribution in [0.2, 0.25) is 0 Å². The van der Waals surface area contributed by atoms with Gasteiger partial charge in [0.25, 0.3) is 0 Å². The van der Waals surface area contributed by atoms with Crippen LogP contribution in [-0.4, -0.2) is 73.3 Å². The van der Waals surface area contributed by atoms with E-state index in [-0.39, 0.29) is 55.0 Å². The van der Waals surface area contributed by atoms with E-state index in [1.807, 2.05) is 30.3 Å². The zero-order chi connectivity index (χ0) is 88.3. The van der Waals surface area contributed by atoms with Crippen LogP contribution in [0.1, 0.15) is 111 Å². The molecule has 24 rings (SSSR count). The van der Waals surface area contributed by atoms with Crippen LogP contribution < -0.4 is 21.9 Å². The molecule has 0 spiro atoms. The Labute approximate surface area is 746 Å². The first-order valence-corrected chi connectivity index (χ1v) is 44.5. The summed E-state index contributed by atoms with van der Waals surface area (Å²) in [4.78, 5) is 0. The lowest BCUT2D eigenvalue weighted by atomic mass is 9.73. The first-order valence-electron chi connectivity index (χ1n) is 44.5. The Hall–Kier alpha value is -12.3. The SMILES string of the molecule is CC1(C)OB(c2ccc(-c3cccc4c3oc3cc5ccccc5cc34)cc2)OC1(C)C.CC1(C)OB(c2ccc(-c3cccc4cc5oc6ccccc6c5cc34)cc2)OC1(C)C.CC1(C)OB(c2cccc(-c3ccc4c(c3)oc3cc5ccccc5cc34)c2)OC1(C)C.CC1(C)OB(c2ccccc2-c2c3ccccc3cc3c2oc2ccccc23)OC1(C)C. The van der Waals surface area contributed by atoms with Crippen molar-refractivity contribution in [2.75, 3.05) is 0 Å². The molecule has 4 aliphatic rings. The van der Waals surface area contributed by atoms with Crippen LogP contribution in [0.15, 0.2) is 333 Å². The molecule has 16 heteroatoms. The number of fused-ring (bicyclic) bond motifs is 16. The van der Waals surface area contributed by atoms with Gasteiger partial charge in [0.1, 0.15) is 44.7 Å². The van der Waals surface area contributed by atoms with Crippen molar-refractivity contribution in [1.29, 1.82) is 0 Å². The van der Waals surface area contributed by atoms with Gasteiger partial charge in [0.15, 0.2) is 0 Å². The highest BCUT2D eigenvalue weighted by Crippen LogP contribution is 2.47. The minimum Gasteiger partial charge on any atom is -0.456 e. The summed E-state index contributed by atoms with van der Waals surface area (Å²) < 4.78 is 75.4. The third-order valence-electron chi connectivity index (χ3n) is 28.5. The van der Waals surface area contributed by atoms with Crippen LogP contribution >= 0.6 is 0 Å². The standard InChI is InChI=1S/4C28H25BO3/c1-27(2)28(3,4)32-29(31-27)23-15-9-7-14-21(23)25-19-12-6-5-11-18(19)17-22-20-13-8-10-16-24(20)30-26(22)25;1-27(2)28(3,4)32-29(31-27)20-14-12-18(13-15-20)21-10-7-8-19-16-26-24(17-23(19)21)22-9-5-6-11-25(22)30-26;1-27(2)28(3,4)32-29(31-27)21-14-12-18(13-15-21)22-10-7-11-23-24-16-19-8-5-6-9-20(19)17-25(24)30-26(22)23;1-27(2)28(3,4)32-29(31-27)22-11-7-10-18(14-22)21-12-13-23-24-15-19-8-5-6-9-20(19)16-26(24)30-25(23)17-21/h4*5-17H,1-4H3. The fourth-order valence-electron chi connectivity index (χ4n) is 18.2. The molecule has 0 amide bonds. The Kier molecular flexibility index (Phi) is 19.8. The molecular weight excluding hydrogens is 1580 g/mol. The molecule has 0 radical (unpaired) electrons. The van der Waals surface area contributed by atoms with Gasteiger partial charge in [-0.25, -0.2) is 0 Å². The number of furan rings is 4. The Morgan fingerprint density at radius 3 is 1.10 bits per heavy atom. The van der Waals surface area contributed by atoms with Crippen molar-refractivity contribution in [3.8, 4) is 44.5 Å². The predicted molar refractivity (Wildman–Crippen MR) is 530 cm³/mol. The van der Waals surface area contributed by atoms with Gasteiger partial charge in [-0.3, -0.25) is 0 Å². The average Bonchev–Trinajstić information content (AvgIpc) is 1.57. The molecule has 0 saturated carbocycles. The minimum atomic E-state index is -0.449. The lowest BCUT2D eigenvalue weighted by Crippen LogP contribution is -2.41. The summed E-state index contributed by atoms with van der Waals surface area (Å²) in [6.45, 7) is 33.3. The van der Waals surface area contributed by atoms with E-state index < -0.39 is 18.3 Å². The van der Waals surface area contributed by atoms with E-state index in [1.165, 1.54) is 48.8 Å². The zero-order valence-electron chi connectivity index (χ0n) is 75.2. The average molecular weight is 1680 g/mol. The van der Waals surface area contributed by atoms with Gasteiger partial charge in [-0.05, 0) is 276 Å². The Morgan fingerprint density at radius 2 is 0.523 bits per heavy atom. The summed E-state index contributed by atoms with van der Waals surface area (Å²) in [5.74, 6) is 0. The molecule has 0 aliphatic carbocycles. The quantitative estimate of drug-likeness (QED) is 0.134. The van der Waals surface area contributed by atoms with Crippen LogP contribution in [0.25, 0.3) is 175 Å². The highest BCUT2D eigenvalue weighted by Gasteiger charge is 2.55. The summed E-state index contributed by atoms with van der Waals surface area (Å²) in [5, 5.41) is 18.7.